The molecule has 0 aliphatic heterocycles. The fraction of sp³-hybridized carbons (Fsp3) is 0.471. The van der Waals surface area contributed by atoms with Crippen LogP contribution in [0.15, 0.2) is 24.3 Å². The lowest BCUT2D eigenvalue weighted by atomic mass is 10.1. The highest BCUT2D eigenvalue weighted by atomic mass is 16.4. The number of benzene rings is 1. The molecule has 1 aromatic carbocycles. The number of carboxylic acids is 1. The van der Waals surface area contributed by atoms with Crippen molar-refractivity contribution in [2.45, 2.75) is 51.9 Å². The predicted octanol–water partition coefficient (Wildman–Crippen LogP) is 4.49. The molecule has 0 aromatic heterocycles. The molecular formula is C17H22O2. The Morgan fingerprint density at radius 3 is 2.32 bits per heavy atom. The molecule has 2 nitrogen and oxygen atoms in total. The van der Waals surface area contributed by atoms with Crippen LogP contribution in [0.5, 0.6) is 0 Å². The molecule has 0 saturated carbocycles. The Balaban J connectivity index is 2.24. The predicted molar refractivity (Wildman–Crippen MR) is 78.3 cm³/mol. The Morgan fingerprint density at radius 2 is 1.68 bits per heavy atom. The first kappa shape index (κ1) is 15.3. The van der Waals surface area contributed by atoms with Crippen LogP contribution in [0.1, 0.15) is 67.8 Å². The van der Waals surface area contributed by atoms with Crippen molar-refractivity contribution in [3.05, 3.63) is 35.4 Å². The molecule has 0 aliphatic rings. The van der Waals surface area contributed by atoms with E-state index in [1.165, 1.54) is 32.1 Å². The van der Waals surface area contributed by atoms with E-state index >= 15 is 0 Å². The Hall–Kier alpha value is -1.75. The molecule has 0 spiro atoms. The summed E-state index contributed by atoms with van der Waals surface area (Å²) in [6, 6.07) is 6.71. The second-order valence-corrected chi connectivity index (χ2v) is 4.70. The molecule has 19 heavy (non-hydrogen) atoms. The molecule has 0 atom stereocenters. The zero-order chi connectivity index (χ0) is 13.9. The smallest absolute Gasteiger partial charge is 0.335 e. The van der Waals surface area contributed by atoms with E-state index in [1.807, 2.05) is 0 Å². The lowest BCUT2D eigenvalue weighted by Crippen LogP contribution is -1.94. The summed E-state index contributed by atoms with van der Waals surface area (Å²) in [6.07, 6.45) is 8.60. The number of hydrogen-bond acceptors (Lipinski definition) is 1. The zero-order valence-corrected chi connectivity index (χ0v) is 11.6. The lowest BCUT2D eigenvalue weighted by molar-refractivity contribution is 0.0697. The van der Waals surface area contributed by atoms with Gasteiger partial charge in [0.15, 0.2) is 0 Å². The highest BCUT2D eigenvalue weighted by Gasteiger charge is 1.99. The fourth-order valence-corrected chi connectivity index (χ4v) is 1.85. The topological polar surface area (TPSA) is 37.3 Å². The summed E-state index contributed by atoms with van der Waals surface area (Å²) in [5, 5.41) is 8.77. The molecule has 102 valence electrons. The van der Waals surface area contributed by atoms with Gasteiger partial charge in [-0.2, -0.15) is 0 Å². The van der Waals surface area contributed by atoms with Gasteiger partial charge in [-0.05, 0) is 30.7 Å². The summed E-state index contributed by atoms with van der Waals surface area (Å²) in [7, 11) is 0. The summed E-state index contributed by atoms with van der Waals surface area (Å²) in [5.74, 6) is 5.32. The van der Waals surface area contributed by atoms with Crippen molar-refractivity contribution in [1.82, 2.24) is 0 Å². The maximum absolute atomic E-state index is 10.7. The number of unbranched alkanes of at least 4 members (excludes halogenated alkanes) is 6. The average Bonchev–Trinajstić information content (AvgIpc) is 2.42. The molecule has 0 amide bonds. The van der Waals surface area contributed by atoms with Crippen LogP contribution >= 0.6 is 0 Å². The zero-order valence-electron chi connectivity index (χ0n) is 11.6. The minimum atomic E-state index is -0.897. The first-order chi connectivity index (χ1) is 9.24. The number of aromatic carboxylic acids is 1. The Bertz CT molecular complexity index is 435. The number of carboxylic acid groups (broad SMARTS) is 1. The van der Waals surface area contributed by atoms with Crippen molar-refractivity contribution in [2.24, 2.45) is 0 Å². The Morgan fingerprint density at radius 1 is 1.05 bits per heavy atom. The van der Waals surface area contributed by atoms with Gasteiger partial charge in [-0.25, -0.2) is 4.79 Å². The average molecular weight is 258 g/mol. The highest BCUT2D eigenvalue weighted by molar-refractivity contribution is 5.87. The van der Waals surface area contributed by atoms with E-state index < -0.39 is 5.97 Å². The lowest BCUT2D eigenvalue weighted by Gasteiger charge is -1.96. The summed E-state index contributed by atoms with van der Waals surface area (Å²) in [4.78, 5) is 10.7. The highest BCUT2D eigenvalue weighted by Crippen LogP contribution is 2.07. The molecule has 1 N–H and O–H groups in total. The molecule has 0 aliphatic carbocycles. The Labute approximate surface area is 115 Å². The molecule has 0 saturated heterocycles. The van der Waals surface area contributed by atoms with Gasteiger partial charge in [0.05, 0.1) is 5.56 Å². The van der Waals surface area contributed by atoms with Crippen LogP contribution in [0.2, 0.25) is 0 Å². The van der Waals surface area contributed by atoms with E-state index in [1.54, 1.807) is 24.3 Å². The van der Waals surface area contributed by atoms with Crippen molar-refractivity contribution in [3.8, 4) is 11.8 Å². The summed E-state index contributed by atoms with van der Waals surface area (Å²) in [6.45, 7) is 2.22. The largest absolute Gasteiger partial charge is 0.478 e. The van der Waals surface area contributed by atoms with Crippen LogP contribution in [-0.2, 0) is 0 Å². The Kier molecular flexibility index (Phi) is 7.43. The van der Waals surface area contributed by atoms with Crippen molar-refractivity contribution >= 4 is 5.97 Å². The third kappa shape index (κ3) is 6.67. The second-order valence-electron chi connectivity index (χ2n) is 4.70. The quantitative estimate of drug-likeness (QED) is 0.578. The van der Waals surface area contributed by atoms with Crippen molar-refractivity contribution in [3.63, 3.8) is 0 Å². The molecule has 0 heterocycles. The maximum atomic E-state index is 10.7. The molecule has 0 unspecified atom stereocenters. The monoisotopic (exact) mass is 258 g/mol. The van der Waals surface area contributed by atoms with Crippen LogP contribution in [-0.4, -0.2) is 11.1 Å². The molecule has 0 radical (unpaired) electrons. The minimum absolute atomic E-state index is 0.307. The van der Waals surface area contributed by atoms with Crippen molar-refractivity contribution in [1.29, 1.82) is 0 Å². The SMILES string of the molecule is CCCCCCCCC#Cc1ccc(C(=O)O)cc1. The van der Waals surface area contributed by atoms with E-state index in [0.717, 1.165) is 18.4 Å². The van der Waals surface area contributed by atoms with Gasteiger partial charge in [0.25, 0.3) is 0 Å². The number of rotatable bonds is 7. The summed E-state index contributed by atoms with van der Waals surface area (Å²) >= 11 is 0. The molecule has 1 aromatic rings. The third-order valence-electron chi connectivity index (χ3n) is 3.02. The van der Waals surface area contributed by atoms with Crippen LogP contribution in [0.4, 0.5) is 0 Å². The van der Waals surface area contributed by atoms with E-state index in [2.05, 4.69) is 18.8 Å². The van der Waals surface area contributed by atoms with Gasteiger partial charge in [0.2, 0.25) is 0 Å². The first-order valence-corrected chi connectivity index (χ1v) is 7.06. The van der Waals surface area contributed by atoms with Gasteiger partial charge in [0, 0.05) is 12.0 Å². The second kappa shape index (κ2) is 9.22. The standard InChI is InChI=1S/C17H22O2/c1-2-3-4-5-6-7-8-9-10-15-11-13-16(14-12-15)17(18)19/h11-14H,2-8H2,1H3,(H,18,19). The normalized spacial score (nSPS) is 9.74. The van der Waals surface area contributed by atoms with Gasteiger partial charge in [-0.15, -0.1) is 0 Å². The van der Waals surface area contributed by atoms with E-state index in [-0.39, 0.29) is 0 Å². The van der Waals surface area contributed by atoms with Crippen LogP contribution < -0.4 is 0 Å². The summed E-state index contributed by atoms with van der Waals surface area (Å²) < 4.78 is 0. The van der Waals surface area contributed by atoms with E-state index in [4.69, 9.17) is 5.11 Å². The fourth-order valence-electron chi connectivity index (χ4n) is 1.85. The molecule has 2 heteroatoms. The van der Waals surface area contributed by atoms with Gasteiger partial charge >= 0.3 is 5.97 Å². The number of hydrogen-bond donors (Lipinski definition) is 1. The van der Waals surface area contributed by atoms with Gasteiger partial charge in [-0.3, -0.25) is 0 Å². The van der Waals surface area contributed by atoms with Gasteiger partial charge in [0.1, 0.15) is 0 Å². The first-order valence-electron chi connectivity index (χ1n) is 7.06. The van der Waals surface area contributed by atoms with Crippen molar-refractivity contribution in [2.75, 3.05) is 0 Å². The van der Waals surface area contributed by atoms with Gasteiger partial charge < -0.3 is 5.11 Å². The molecule has 0 bridgehead atoms. The number of carbonyl (C=O) groups is 1. The summed E-state index contributed by atoms with van der Waals surface area (Å²) in [5.41, 5.74) is 1.19. The third-order valence-corrected chi connectivity index (χ3v) is 3.02. The van der Waals surface area contributed by atoms with Gasteiger partial charge in [-0.1, -0.05) is 50.9 Å². The van der Waals surface area contributed by atoms with Crippen LogP contribution in [0, 0.1) is 11.8 Å². The van der Waals surface area contributed by atoms with Crippen LogP contribution in [0.3, 0.4) is 0 Å². The molecule has 0 fully saturated rings. The minimum Gasteiger partial charge on any atom is -0.478 e. The molecular weight excluding hydrogens is 236 g/mol. The maximum Gasteiger partial charge on any atom is 0.335 e. The molecule has 1 rings (SSSR count). The van der Waals surface area contributed by atoms with Crippen LogP contribution in [0.25, 0.3) is 0 Å². The van der Waals surface area contributed by atoms with E-state index in [0.29, 0.717) is 5.56 Å². The van der Waals surface area contributed by atoms with Crippen molar-refractivity contribution < 1.29 is 9.90 Å². The van der Waals surface area contributed by atoms with E-state index in [9.17, 15) is 4.79 Å².